The minimum absolute atomic E-state index is 0.414. The lowest BCUT2D eigenvalue weighted by Crippen LogP contribution is -2.00. The summed E-state index contributed by atoms with van der Waals surface area (Å²) < 4.78 is 5.16. The zero-order chi connectivity index (χ0) is 14.7. The highest BCUT2D eigenvalue weighted by molar-refractivity contribution is 5.49. The van der Waals surface area contributed by atoms with Crippen molar-refractivity contribution >= 4 is 0 Å². The van der Waals surface area contributed by atoms with Gasteiger partial charge in [-0.2, -0.15) is 5.26 Å². The van der Waals surface area contributed by atoms with Gasteiger partial charge in [0, 0.05) is 12.3 Å². The molecule has 2 heterocycles. The highest BCUT2D eigenvalue weighted by atomic mass is 16.5. The van der Waals surface area contributed by atoms with E-state index in [0.717, 1.165) is 0 Å². The van der Waals surface area contributed by atoms with Crippen LogP contribution in [0.2, 0.25) is 0 Å². The second kappa shape index (κ2) is 5.38. The number of nitriles is 1. The molecule has 0 N–H and O–H groups in total. The third-order valence-corrected chi connectivity index (χ3v) is 2.79. The Kier molecular flexibility index (Phi) is 3.27. The zero-order valence-electron chi connectivity index (χ0n) is 11.1. The van der Waals surface area contributed by atoms with Gasteiger partial charge in [-0.15, -0.1) is 15.0 Å². The normalized spacial score (nSPS) is 10.1. The van der Waals surface area contributed by atoms with Gasteiger partial charge in [0.05, 0.1) is 24.4 Å². The zero-order valence-corrected chi connectivity index (χ0v) is 11.1. The maximum absolute atomic E-state index is 9.03. The second-order valence-electron chi connectivity index (χ2n) is 4.15. The third-order valence-electron chi connectivity index (χ3n) is 2.79. The average molecular weight is 278 g/mol. The molecule has 102 valence electrons. The first kappa shape index (κ1) is 12.7. The van der Waals surface area contributed by atoms with Gasteiger partial charge in [-0.1, -0.05) is 6.07 Å². The van der Waals surface area contributed by atoms with E-state index in [1.54, 1.807) is 30.5 Å². The van der Waals surface area contributed by atoms with Crippen molar-refractivity contribution in [2.24, 2.45) is 0 Å². The molecular formula is C14H10N6O. The van der Waals surface area contributed by atoms with E-state index in [0.29, 0.717) is 28.5 Å². The first-order valence-corrected chi connectivity index (χ1v) is 6.11. The number of hydrogen-bond acceptors (Lipinski definition) is 6. The molecule has 21 heavy (non-hydrogen) atoms. The molecule has 0 atom stereocenters. The van der Waals surface area contributed by atoms with E-state index in [9.17, 15) is 0 Å². The summed E-state index contributed by atoms with van der Waals surface area (Å²) in [5, 5.41) is 21.3. The van der Waals surface area contributed by atoms with Crippen molar-refractivity contribution in [3.8, 4) is 29.0 Å². The van der Waals surface area contributed by atoms with Crippen LogP contribution in [0, 0.1) is 11.3 Å². The topological polar surface area (TPSA) is 89.5 Å². The van der Waals surface area contributed by atoms with E-state index in [4.69, 9.17) is 10.00 Å². The minimum Gasteiger partial charge on any atom is -0.497 e. The van der Waals surface area contributed by atoms with Crippen molar-refractivity contribution in [3.63, 3.8) is 0 Å². The van der Waals surface area contributed by atoms with Crippen LogP contribution < -0.4 is 4.74 Å². The smallest absolute Gasteiger partial charge is 0.223 e. The number of hydrogen-bond donors (Lipinski definition) is 0. The fraction of sp³-hybridized carbons (Fsp3) is 0.0714. The number of ether oxygens (including phenoxy) is 1. The molecule has 0 saturated carbocycles. The van der Waals surface area contributed by atoms with Gasteiger partial charge in [-0.3, -0.25) is 4.98 Å². The van der Waals surface area contributed by atoms with Crippen molar-refractivity contribution in [2.45, 2.75) is 0 Å². The van der Waals surface area contributed by atoms with Crippen molar-refractivity contribution in [1.29, 1.82) is 5.26 Å². The maximum Gasteiger partial charge on any atom is 0.223 e. The number of methoxy groups -OCH3 is 1. The molecule has 3 rings (SSSR count). The predicted octanol–water partition coefficient (Wildman–Crippen LogP) is 1.60. The lowest BCUT2D eigenvalue weighted by atomic mass is 10.2. The summed E-state index contributed by atoms with van der Waals surface area (Å²) >= 11 is 0. The van der Waals surface area contributed by atoms with Crippen LogP contribution in [0.5, 0.6) is 5.75 Å². The maximum atomic E-state index is 9.03. The minimum atomic E-state index is 0.414. The predicted molar refractivity (Wildman–Crippen MR) is 73.7 cm³/mol. The summed E-state index contributed by atoms with van der Waals surface area (Å²) in [5.74, 6) is 0.970. The summed E-state index contributed by atoms with van der Waals surface area (Å²) in [6.45, 7) is 0. The van der Waals surface area contributed by atoms with E-state index in [1.807, 2.05) is 12.1 Å². The number of pyridine rings is 1. The molecule has 0 fully saturated rings. The van der Waals surface area contributed by atoms with Crippen LogP contribution in [-0.4, -0.2) is 32.3 Å². The molecule has 0 amide bonds. The molecule has 2 aromatic heterocycles. The largest absolute Gasteiger partial charge is 0.497 e. The van der Waals surface area contributed by atoms with Crippen LogP contribution in [0.1, 0.15) is 5.56 Å². The van der Waals surface area contributed by atoms with Crippen molar-refractivity contribution in [1.82, 2.24) is 25.2 Å². The molecule has 0 radical (unpaired) electrons. The van der Waals surface area contributed by atoms with Gasteiger partial charge >= 0.3 is 0 Å². The lowest BCUT2D eigenvalue weighted by Gasteiger charge is -2.03. The van der Waals surface area contributed by atoms with Crippen LogP contribution in [-0.2, 0) is 0 Å². The molecule has 0 bridgehead atoms. The summed E-state index contributed by atoms with van der Waals surface area (Å²) in [7, 11) is 1.54. The van der Waals surface area contributed by atoms with E-state index in [1.165, 1.54) is 11.9 Å². The fourth-order valence-corrected chi connectivity index (χ4v) is 1.80. The van der Waals surface area contributed by atoms with E-state index in [-0.39, 0.29) is 0 Å². The molecule has 0 saturated heterocycles. The van der Waals surface area contributed by atoms with Gasteiger partial charge in [0.1, 0.15) is 11.4 Å². The monoisotopic (exact) mass is 278 g/mol. The Labute approximate surface area is 120 Å². The van der Waals surface area contributed by atoms with Crippen molar-refractivity contribution in [2.75, 3.05) is 7.11 Å². The average Bonchev–Trinajstić information content (AvgIpc) is 3.05. The molecule has 1 aromatic carbocycles. The molecule has 0 unspecified atom stereocenters. The molecule has 7 nitrogen and oxygen atoms in total. The second-order valence-corrected chi connectivity index (χ2v) is 4.15. The van der Waals surface area contributed by atoms with Crippen LogP contribution in [0.4, 0.5) is 0 Å². The molecule has 7 heteroatoms. The van der Waals surface area contributed by atoms with Gasteiger partial charge in [0.2, 0.25) is 5.82 Å². The Morgan fingerprint density at radius 3 is 2.86 bits per heavy atom. The molecule has 0 aliphatic carbocycles. The summed E-state index contributed by atoms with van der Waals surface area (Å²) in [4.78, 5) is 5.51. The molecular weight excluding hydrogens is 268 g/mol. The standard InChI is InChI=1S/C14H10N6O/c1-21-12-7-10(9-15)6-11(8-12)20-18-14(17-19-20)13-4-2-3-5-16-13/h2-8H,1H3. The van der Waals surface area contributed by atoms with Crippen molar-refractivity contribution < 1.29 is 4.74 Å². The van der Waals surface area contributed by atoms with Gasteiger partial charge < -0.3 is 4.74 Å². The summed E-state index contributed by atoms with van der Waals surface area (Å²) in [5.41, 5.74) is 1.69. The van der Waals surface area contributed by atoms with Crippen molar-refractivity contribution in [3.05, 3.63) is 48.2 Å². The highest BCUT2D eigenvalue weighted by Gasteiger charge is 2.10. The Hall–Kier alpha value is -3.27. The van der Waals surface area contributed by atoms with Crippen LogP contribution in [0.25, 0.3) is 17.2 Å². The quantitative estimate of drug-likeness (QED) is 0.723. The first-order valence-electron chi connectivity index (χ1n) is 6.11. The number of tetrazole rings is 1. The lowest BCUT2D eigenvalue weighted by molar-refractivity contribution is 0.414. The fourth-order valence-electron chi connectivity index (χ4n) is 1.80. The van der Waals surface area contributed by atoms with Crippen LogP contribution >= 0.6 is 0 Å². The molecule has 3 aromatic rings. The van der Waals surface area contributed by atoms with Gasteiger partial charge in [-0.25, -0.2) is 0 Å². The number of rotatable bonds is 3. The van der Waals surface area contributed by atoms with Gasteiger partial charge in [-0.05, 0) is 29.5 Å². The molecule has 0 aliphatic rings. The van der Waals surface area contributed by atoms with E-state index in [2.05, 4.69) is 26.5 Å². The molecule has 0 spiro atoms. The Bertz CT molecular complexity index is 806. The van der Waals surface area contributed by atoms with E-state index < -0.39 is 0 Å². The van der Waals surface area contributed by atoms with Gasteiger partial charge in [0.15, 0.2) is 0 Å². The first-order chi connectivity index (χ1) is 10.3. The Balaban J connectivity index is 2.02. The number of aromatic nitrogens is 5. The third kappa shape index (κ3) is 2.55. The summed E-state index contributed by atoms with van der Waals surface area (Å²) in [6, 6.07) is 12.6. The van der Waals surface area contributed by atoms with Crippen LogP contribution in [0.15, 0.2) is 42.6 Å². The number of nitrogens with zero attached hydrogens (tertiary/aromatic N) is 6. The highest BCUT2D eigenvalue weighted by Crippen LogP contribution is 2.19. The molecule has 0 aliphatic heterocycles. The van der Waals surface area contributed by atoms with Crippen LogP contribution in [0.3, 0.4) is 0 Å². The SMILES string of the molecule is COc1cc(C#N)cc(-n2nnc(-c3ccccn3)n2)c1. The van der Waals surface area contributed by atoms with Gasteiger partial charge in [0.25, 0.3) is 0 Å². The Morgan fingerprint density at radius 2 is 2.14 bits per heavy atom. The Morgan fingerprint density at radius 1 is 1.24 bits per heavy atom. The summed E-state index contributed by atoms with van der Waals surface area (Å²) in [6.07, 6.45) is 1.66. The number of benzene rings is 1. The van der Waals surface area contributed by atoms with E-state index >= 15 is 0 Å².